The summed E-state index contributed by atoms with van der Waals surface area (Å²) >= 11 is 0. The van der Waals surface area contributed by atoms with E-state index >= 15 is 0 Å². The van der Waals surface area contributed by atoms with Crippen molar-refractivity contribution in [2.45, 2.75) is 44.8 Å². The van der Waals surface area contributed by atoms with Gasteiger partial charge in [-0.1, -0.05) is 24.3 Å². The molecule has 2 atom stereocenters. The van der Waals surface area contributed by atoms with Crippen LogP contribution in [0.3, 0.4) is 0 Å². The summed E-state index contributed by atoms with van der Waals surface area (Å²) in [6.07, 6.45) is 5.03. The Labute approximate surface area is 108 Å². The molecule has 1 fully saturated rings. The van der Waals surface area contributed by atoms with Crippen molar-refractivity contribution in [1.82, 2.24) is 0 Å². The van der Waals surface area contributed by atoms with Crippen LogP contribution >= 0.6 is 0 Å². The lowest BCUT2D eigenvalue weighted by molar-refractivity contribution is -0.0701. The largest absolute Gasteiger partial charge is 0.371 e. The first-order valence-electron chi connectivity index (χ1n) is 6.47. The van der Waals surface area contributed by atoms with Gasteiger partial charge in [0.15, 0.2) is 0 Å². The standard InChI is InChI=1S/C15H19NO2/c1-12(16-11-17)13-5-7-14(8-6-13)15(2)9-3-4-10-18-15/h5-8,12H,3-4,9-10H2,1-2H3. The fourth-order valence-corrected chi connectivity index (χ4v) is 2.43. The fraction of sp³-hybridized carbons (Fsp3) is 0.533. The van der Waals surface area contributed by atoms with E-state index in [1.54, 1.807) is 6.08 Å². The van der Waals surface area contributed by atoms with Crippen LogP contribution in [0, 0.1) is 0 Å². The molecule has 1 heterocycles. The van der Waals surface area contributed by atoms with Crippen LogP contribution in [0.1, 0.15) is 50.3 Å². The van der Waals surface area contributed by atoms with Crippen LogP contribution in [0.5, 0.6) is 0 Å². The number of benzene rings is 1. The van der Waals surface area contributed by atoms with Crippen molar-refractivity contribution in [2.75, 3.05) is 6.61 Å². The number of carbonyl (C=O) groups excluding carboxylic acids is 1. The second-order valence-electron chi connectivity index (χ2n) is 5.05. The predicted octanol–water partition coefficient (Wildman–Crippen LogP) is 3.50. The first-order chi connectivity index (χ1) is 8.65. The number of hydrogen-bond donors (Lipinski definition) is 0. The molecule has 3 heteroatoms. The molecule has 1 aliphatic heterocycles. The van der Waals surface area contributed by atoms with Crippen LogP contribution < -0.4 is 0 Å². The second kappa shape index (κ2) is 5.47. The van der Waals surface area contributed by atoms with Crippen LogP contribution in [0.15, 0.2) is 29.3 Å². The zero-order valence-electron chi connectivity index (χ0n) is 11.0. The Bertz CT molecular complexity index is 440. The van der Waals surface area contributed by atoms with E-state index in [2.05, 4.69) is 24.0 Å². The van der Waals surface area contributed by atoms with Gasteiger partial charge in [-0.05, 0) is 44.2 Å². The third-order valence-electron chi connectivity index (χ3n) is 3.72. The normalized spacial score (nSPS) is 25.2. The lowest BCUT2D eigenvalue weighted by Gasteiger charge is -2.34. The molecule has 1 saturated heterocycles. The third-order valence-corrected chi connectivity index (χ3v) is 3.72. The number of ether oxygens (including phenoxy) is 1. The summed E-state index contributed by atoms with van der Waals surface area (Å²) in [4.78, 5) is 14.0. The molecule has 96 valence electrons. The molecular formula is C15H19NO2. The summed E-state index contributed by atoms with van der Waals surface area (Å²) in [5.74, 6) is 0. The van der Waals surface area contributed by atoms with Gasteiger partial charge in [-0.25, -0.2) is 4.79 Å². The minimum atomic E-state index is -0.159. The smallest absolute Gasteiger partial charge is 0.235 e. The summed E-state index contributed by atoms with van der Waals surface area (Å²) < 4.78 is 5.91. The van der Waals surface area contributed by atoms with Gasteiger partial charge in [0.2, 0.25) is 6.08 Å². The first-order valence-corrected chi connectivity index (χ1v) is 6.47. The molecule has 0 bridgehead atoms. The average molecular weight is 245 g/mol. The molecule has 0 N–H and O–H groups in total. The highest BCUT2D eigenvalue weighted by molar-refractivity contribution is 5.36. The monoisotopic (exact) mass is 245 g/mol. The molecule has 0 aromatic heterocycles. The fourth-order valence-electron chi connectivity index (χ4n) is 2.43. The Hall–Kier alpha value is -1.44. The highest BCUT2D eigenvalue weighted by Gasteiger charge is 2.29. The van der Waals surface area contributed by atoms with Gasteiger partial charge in [-0.3, -0.25) is 0 Å². The van der Waals surface area contributed by atoms with Crippen molar-refractivity contribution in [3.05, 3.63) is 35.4 Å². The highest BCUT2D eigenvalue weighted by atomic mass is 16.5. The van der Waals surface area contributed by atoms with E-state index < -0.39 is 0 Å². The minimum Gasteiger partial charge on any atom is -0.371 e. The summed E-state index contributed by atoms with van der Waals surface area (Å²) in [7, 11) is 0. The lowest BCUT2D eigenvalue weighted by Crippen LogP contribution is -2.30. The maximum atomic E-state index is 10.2. The highest BCUT2D eigenvalue weighted by Crippen LogP contribution is 2.35. The van der Waals surface area contributed by atoms with Crippen LogP contribution in [-0.2, 0) is 15.1 Å². The number of hydrogen-bond acceptors (Lipinski definition) is 3. The van der Waals surface area contributed by atoms with Crippen LogP contribution in [0.2, 0.25) is 0 Å². The summed E-state index contributed by atoms with van der Waals surface area (Å²) in [6, 6.07) is 8.07. The molecule has 1 aliphatic rings. The van der Waals surface area contributed by atoms with Crippen molar-refractivity contribution in [3.63, 3.8) is 0 Å². The van der Waals surface area contributed by atoms with E-state index in [4.69, 9.17) is 4.74 Å². The average Bonchev–Trinajstić information content (AvgIpc) is 2.40. The predicted molar refractivity (Wildman–Crippen MR) is 70.1 cm³/mol. The zero-order chi connectivity index (χ0) is 13.0. The van der Waals surface area contributed by atoms with E-state index in [9.17, 15) is 4.79 Å². The van der Waals surface area contributed by atoms with Crippen molar-refractivity contribution in [1.29, 1.82) is 0 Å². The molecule has 2 rings (SSSR count). The quantitative estimate of drug-likeness (QED) is 0.604. The maximum absolute atomic E-state index is 10.2. The molecule has 1 aromatic carbocycles. The van der Waals surface area contributed by atoms with Gasteiger partial charge in [0.1, 0.15) is 0 Å². The molecule has 0 spiro atoms. The van der Waals surface area contributed by atoms with Crippen molar-refractivity contribution in [2.24, 2.45) is 4.99 Å². The molecule has 0 saturated carbocycles. The molecule has 0 aliphatic carbocycles. The Balaban J connectivity index is 2.18. The van der Waals surface area contributed by atoms with Crippen molar-refractivity contribution < 1.29 is 9.53 Å². The molecule has 0 amide bonds. The van der Waals surface area contributed by atoms with Gasteiger partial charge in [-0.15, -0.1) is 0 Å². The van der Waals surface area contributed by atoms with Gasteiger partial charge in [-0.2, -0.15) is 4.99 Å². The first kappa shape index (κ1) is 13.0. The van der Waals surface area contributed by atoms with E-state index in [1.807, 2.05) is 19.1 Å². The molecule has 0 radical (unpaired) electrons. The minimum absolute atomic E-state index is 0.128. The van der Waals surface area contributed by atoms with E-state index in [1.165, 1.54) is 12.0 Å². The Morgan fingerprint density at radius 3 is 2.61 bits per heavy atom. The Morgan fingerprint density at radius 2 is 2.06 bits per heavy atom. The van der Waals surface area contributed by atoms with Gasteiger partial charge in [0, 0.05) is 6.61 Å². The number of aliphatic imine (C=N–C) groups is 1. The second-order valence-corrected chi connectivity index (χ2v) is 5.05. The van der Waals surface area contributed by atoms with Gasteiger partial charge < -0.3 is 4.74 Å². The SMILES string of the molecule is CC(N=C=O)c1ccc(C2(C)CCCCO2)cc1. The Kier molecular flexibility index (Phi) is 3.95. The summed E-state index contributed by atoms with van der Waals surface area (Å²) in [5, 5.41) is 0. The van der Waals surface area contributed by atoms with E-state index in [0.717, 1.165) is 25.0 Å². The molecule has 3 nitrogen and oxygen atoms in total. The van der Waals surface area contributed by atoms with Crippen LogP contribution in [-0.4, -0.2) is 12.7 Å². The Morgan fingerprint density at radius 1 is 1.33 bits per heavy atom. The van der Waals surface area contributed by atoms with E-state index in [-0.39, 0.29) is 11.6 Å². The van der Waals surface area contributed by atoms with E-state index in [0.29, 0.717) is 0 Å². The molecule has 2 unspecified atom stereocenters. The molecular weight excluding hydrogens is 226 g/mol. The van der Waals surface area contributed by atoms with Crippen molar-refractivity contribution in [3.8, 4) is 0 Å². The summed E-state index contributed by atoms with van der Waals surface area (Å²) in [6.45, 7) is 4.87. The number of nitrogens with zero attached hydrogens (tertiary/aromatic N) is 1. The van der Waals surface area contributed by atoms with Crippen LogP contribution in [0.25, 0.3) is 0 Å². The molecule has 18 heavy (non-hydrogen) atoms. The summed E-state index contributed by atoms with van der Waals surface area (Å²) in [5.41, 5.74) is 2.07. The lowest BCUT2D eigenvalue weighted by atomic mass is 9.87. The number of isocyanates is 1. The van der Waals surface area contributed by atoms with Gasteiger partial charge in [0.25, 0.3) is 0 Å². The topological polar surface area (TPSA) is 38.7 Å². The van der Waals surface area contributed by atoms with Gasteiger partial charge >= 0.3 is 0 Å². The maximum Gasteiger partial charge on any atom is 0.235 e. The van der Waals surface area contributed by atoms with Crippen molar-refractivity contribution >= 4 is 6.08 Å². The number of rotatable bonds is 3. The van der Waals surface area contributed by atoms with Crippen LogP contribution in [0.4, 0.5) is 0 Å². The zero-order valence-corrected chi connectivity index (χ0v) is 11.0. The molecule has 1 aromatic rings. The third kappa shape index (κ3) is 2.69. The van der Waals surface area contributed by atoms with Gasteiger partial charge in [0.05, 0.1) is 11.6 Å².